The third-order valence-corrected chi connectivity index (χ3v) is 5.62. The number of rotatable bonds is 5. The fraction of sp³-hybridized carbons (Fsp3) is 0.133. The van der Waals surface area contributed by atoms with Crippen LogP contribution in [-0.4, -0.2) is 34.0 Å². The highest BCUT2D eigenvalue weighted by Crippen LogP contribution is 2.16. The maximum absolute atomic E-state index is 12.3. The molecule has 0 saturated carbocycles. The monoisotopic (exact) mass is 408 g/mol. The molecule has 7 nitrogen and oxygen atoms in total. The maximum Gasteiger partial charge on any atom is 0.368 e. The van der Waals surface area contributed by atoms with Gasteiger partial charge < -0.3 is 0 Å². The van der Waals surface area contributed by atoms with Gasteiger partial charge in [-0.2, -0.15) is 9.36 Å². The van der Waals surface area contributed by atoms with Crippen molar-refractivity contribution in [3.8, 4) is 5.69 Å². The summed E-state index contributed by atoms with van der Waals surface area (Å²) in [7, 11) is -3.50. The van der Waals surface area contributed by atoms with E-state index in [1.807, 2.05) is 6.07 Å². The van der Waals surface area contributed by atoms with E-state index in [0.29, 0.717) is 5.69 Å². The van der Waals surface area contributed by atoms with Crippen LogP contribution in [0.1, 0.15) is 0 Å². The van der Waals surface area contributed by atoms with E-state index >= 15 is 0 Å². The van der Waals surface area contributed by atoms with E-state index in [1.54, 1.807) is 36.4 Å². The molecule has 0 aliphatic carbocycles. The van der Waals surface area contributed by atoms with Gasteiger partial charge in [-0.25, -0.2) is 13.2 Å². The van der Waals surface area contributed by atoms with E-state index in [2.05, 4.69) is 26.4 Å². The van der Waals surface area contributed by atoms with Gasteiger partial charge in [-0.15, -0.1) is 0 Å². The summed E-state index contributed by atoms with van der Waals surface area (Å²) < 4.78 is 27.6. The van der Waals surface area contributed by atoms with Crippen LogP contribution in [0.15, 0.2) is 68.8 Å². The van der Waals surface area contributed by atoms with Crippen molar-refractivity contribution in [2.24, 2.45) is 0 Å². The third kappa shape index (κ3) is 3.46. The highest BCUT2D eigenvalue weighted by molar-refractivity contribution is 9.10. The van der Waals surface area contributed by atoms with Crippen molar-refractivity contribution in [1.29, 1.82) is 0 Å². The highest BCUT2D eigenvalue weighted by atomic mass is 79.9. The molecule has 0 N–H and O–H groups in total. The van der Waals surface area contributed by atoms with E-state index in [0.717, 1.165) is 13.8 Å². The smallest absolute Gasteiger partial charge is 0.244 e. The molecule has 24 heavy (non-hydrogen) atoms. The summed E-state index contributed by atoms with van der Waals surface area (Å²) in [5, 5.41) is 7.54. The maximum atomic E-state index is 12.3. The van der Waals surface area contributed by atoms with Crippen LogP contribution in [0, 0.1) is 0 Å². The molecular weight excluding hydrogens is 396 g/mol. The first kappa shape index (κ1) is 16.6. The molecule has 124 valence electrons. The zero-order valence-electron chi connectivity index (χ0n) is 12.4. The zero-order chi connectivity index (χ0) is 17.2. The molecule has 0 amide bonds. The molecule has 3 rings (SSSR count). The number of halogens is 1. The Kier molecular flexibility index (Phi) is 4.63. The SMILES string of the molecule is O=c1n(CCS(=O)(=O)c2ccc(Br)cc2)nnn1-c1ccccc1. The molecule has 0 spiro atoms. The van der Waals surface area contributed by atoms with Gasteiger partial charge in [0.05, 0.1) is 22.9 Å². The Bertz CT molecular complexity index is 995. The fourth-order valence-electron chi connectivity index (χ4n) is 2.11. The van der Waals surface area contributed by atoms with Gasteiger partial charge >= 0.3 is 5.69 Å². The van der Waals surface area contributed by atoms with E-state index in [-0.39, 0.29) is 17.2 Å². The van der Waals surface area contributed by atoms with Crippen molar-refractivity contribution in [3.05, 3.63) is 69.6 Å². The minimum absolute atomic E-state index is 0.0654. The number of benzene rings is 2. The Morgan fingerprint density at radius 3 is 2.29 bits per heavy atom. The van der Waals surface area contributed by atoms with Crippen molar-refractivity contribution in [1.82, 2.24) is 19.8 Å². The Morgan fingerprint density at radius 1 is 0.958 bits per heavy atom. The molecule has 0 aliphatic rings. The molecule has 3 aromatic rings. The number of hydrogen-bond donors (Lipinski definition) is 0. The lowest BCUT2D eigenvalue weighted by molar-refractivity contribution is 0.569. The largest absolute Gasteiger partial charge is 0.368 e. The molecule has 0 radical (unpaired) electrons. The molecular formula is C15H13BrN4O3S. The lowest BCUT2D eigenvalue weighted by atomic mass is 10.3. The first-order valence-electron chi connectivity index (χ1n) is 7.04. The molecule has 0 unspecified atom stereocenters. The lowest BCUT2D eigenvalue weighted by Gasteiger charge is -2.04. The lowest BCUT2D eigenvalue weighted by Crippen LogP contribution is -2.27. The van der Waals surface area contributed by atoms with Gasteiger partial charge in [0.1, 0.15) is 0 Å². The zero-order valence-corrected chi connectivity index (χ0v) is 14.8. The number of aromatic nitrogens is 4. The van der Waals surface area contributed by atoms with Gasteiger partial charge in [-0.05, 0) is 46.8 Å². The number of hydrogen-bond acceptors (Lipinski definition) is 5. The quantitative estimate of drug-likeness (QED) is 0.640. The van der Waals surface area contributed by atoms with E-state index < -0.39 is 15.5 Å². The van der Waals surface area contributed by atoms with E-state index in [4.69, 9.17) is 0 Å². The minimum atomic E-state index is -3.50. The highest BCUT2D eigenvalue weighted by Gasteiger charge is 2.16. The van der Waals surface area contributed by atoms with Gasteiger partial charge in [0.2, 0.25) is 0 Å². The summed E-state index contributed by atoms with van der Waals surface area (Å²) in [5.74, 6) is -0.234. The second-order valence-corrected chi connectivity index (χ2v) is 8.03. The average Bonchev–Trinajstić information content (AvgIpc) is 2.95. The van der Waals surface area contributed by atoms with Crippen LogP contribution in [0.5, 0.6) is 0 Å². The second kappa shape index (κ2) is 6.70. The van der Waals surface area contributed by atoms with Crippen molar-refractivity contribution in [2.45, 2.75) is 11.4 Å². The molecule has 0 bridgehead atoms. The van der Waals surface area contributed by atoms with Crippen LogP contribution in [0.3, 0.4) is 0 Å². The molecule has 2 aromatic carbocycles. The Morgan fingerprint density at radius 2 is 1.62 bits per heavy atom. The van der Waals surface area contributed by atoms with E-state index in [9.17, 15) is 13.2 Å². The Hall–Kier alpha value is -2.26. The van der Waals surface area contributed by atoms with Crippen LogP contribution < -0.4 is 5.69 Å². The summed E-state index contributed by atoms with van der Waals surface area (Å²) in [6, 6.07) is 15.2. The molecule has 0 atom stereocenters. The van der Waals surface area contributed by atoms with Crippen molar-refractivity contribution < 1.29 is 8.42 Å². The number of para-hydroxylation sites is 1. The third-order valence-electron chi connectivity index (χ3n) is 3.38. The number of sulfone groups is 1. The van der Waals surface area contributed by atoms with Gasteiger partial charge in [0, 0.05) is 4.47 Å². The molecule has 0 aliphatic heterocycles. The van der Waals surface area contributed by atoms with Crippen LogP contribution >= 0.6 is 15.9 Å². The van der Waals surface area contributed by atoms with Crippen molar-refractivity contribution >= 4 is 25.8 Å². The first-order chi connectivity index (χ1) is 11.5. The summed E-state index contributed by atoms with van der Waals surface area (Å²) >= 11 is 3.26. The van der Waals surface area contributed by atoms with E-state index in [1.165, 1.54) is 12.1 Å². The summed E-state index contributed by atoms with van der Waals surface area (Å²) in [6.45, 7) is -0.0654. The number of aryl methyl sites for hydroxylation is 1. The average molecular weight is 409 g/mol. The summed E-state index contributed by atoms with van der Waals surface area (Å²) in [6.07, 6.45) is 0. The molecule has 0 fully saturated rings. The van der Waals surface area contributed by atoms with Gasteiger partial charge in [-0.3, -0.25) is 0 Å². The fourth-order valence-corrected chi connectivity index (χ4v) is 3.58. The van der Waals surface area contributed by atoms with Crippen molar-refractivity contribution in [2.75, 3.05) is 5.75 Å². The van der Waals surface area contributed by atoms with Gasteiger partial charge in [-0.1, -0.05) is 34.1 Å². The second-order valence-electron chi connectivity index (χ2n) is 5.00. The standard InChI is InChI=1S/C15H13BrN4O3S/c16-12-6-8-14(9-7-12)24(22,23)11-10-19-15(21)20(18-17-19)13-4-2-1-3-5-13/h1-9H,10-11H2. The van der Waals surface area contributed by atoms with Crippen LogP contribution in [0.25, 0.3) is 5.69 Å². The van der Waals surface area contributed by atoms with Crippen LogP contribution in [-0.2, 0) is 16.4 Å². The van der Waals surface area contributed by atoms with Gasteiger partial charge in [0.15, 0.2) is 9.84 Å². The van der Waals surface area contributed by atoms with Crippen LogP contribution in [0.4, 0.5) is 0 Å². The Labute approximate surface area is 146 Å². The Balaban J connectivity index is 1.79. The van der Waals surface area contributed by atoms with Crippen LogP contribution in [0.2, 0.25) is 0 Å². The number of tetrazole rings is 1. The molecule has 1 heterocycles. The number of nitrogens with zero attached hydrogens (tertiary/aromatic N) is 4. The minimum Gasteiger partial charge on any atom is -0.244 e. The van der Waals surface area contributed by atoms with Crippen molar-refractivity contribution in [3.63, 3.8) is 0 Å². The molecule has 9 heteroatoms. The predicted molar refractivity (Wildman–Crippen MR) is 91.8 cm³/mol. The predicted octanol–water partition coefficient (Wildman–Crippen LogP) is 1.67. The summed E-state index contributed by atoms with van der Waals surface area (Å²) in [5.41, 5.74) is 0.0942. The topological polar surface area (TPSA) is 86.8 Å². The molecule has 0 saturated heterocycles. The summed E-state index contributed by atoms with van der Waals surface area (Å²) in [4.78, 5) is 12.5. The first-order valence-corrected chi connectivity index (χ1v) is 9.48. The van der Waals surface area contributed by atoms with Gasteiger partial charge in [0.25, 0.3) is 0 Å². The normalized spacial score (nSPS) is 11.5. The molecule has 1 aromatic heterocycles.